The first-order valence-corrected chi connectivity index (χ1v) is 7.22. The van der Waals surface area contributed by atoms with Gasteiger partial charge >= 0.3 is 0 Å². The monoisotopic (exact) mass is 259 g/mol. The van der Waals surface area contributed by atoms with Crippen molar-refractivity contribution in [2.75, 3.05) is 13.1 Å². The number of nitrogens with zero attached hydrogens (tertiary/aromatic N) is 2. The molecule has 0 aromatic carbocycles. The molecule has 0 bridgehead atoms. The number of pyridine rings is 1. The Bertz CT molecular complexity index is 464. The third-order valence-corrected chi connectivity index (χ3v) is 4.11. The van der Waals surface area contributed by atoms with Gasteiger partial charge in [0.25, 0.3) is 5.91 Å². The van der Waals surface area contributed by atoms with E-state index >= 15 is 0 Å². The highest BCUT2D eigenvalue weighted by Crippen LogP contribution is 2.32. The fourth-order valence-electron chi connectivity index (χ4n) is 2.92. The molecule has 3 rings (SSSR count). The summed E-state index contributed by atoms with van der Waals surface area (Å²) >= 11 is 0. The lowest BCUT2D eigenvalue weighted by atomic mass is 10.0. The molecule has 0 unspecified atom stereocenters. The summed E-state index contributed by atoms with van der Waals surface area (Å²) in [5.41, 5.74) is 1.61. The fourth-order valence-corrected chi connectivity index (χ4v) is 2.92. The zero-order valence-corrected chi connectivity index (χ0v) is 11.4. The van der Waals surface area contributed by atoms with E-state index in [1.54, 1.807) is 6.20 Å². The summed E-state index contributed by atoms with van der Waals surface area (Å²) in [6.45, 7) is 3.96. The Kier molecular flexibility index (Phi) is 3.51. The first kappa shape index (κ1) is 12.6. The van der Waals surface area contributed by atoms with Crippen LogP contribution in [0.5, 0.6) is 0 Å². The molecule has 1 aromatic rings. The summed E-state index contributed by atoms with van der Waals surface area (Å²) in [6.07, 6.45) is 6.21. The Labute approximate surface area is 114 Å². The first-order valence-electron chi connectivity index (χ1n) is 7.22. The lowest BCUT2D eigenvalue weighted by Gasteiger charge is -2.35. The van der Waals surface area contributed by atoms with Gasteiger partial charge in [0.2, 0.25) is 0 Å². The second-order valence-corrected chi connectivity index (χ2v) is 5.56. The van der Waals surface area contributed by atoms with Gasteiger partial charge in [0, 0.05) is 24.0 Å². The normalized spacial score (nSPS) is 20.3. The van der Waals surface area contributed by atoms with Gasteiger partial charge in [-0.1, -0.05) is 0 Å². The molecule has 1 aliphatic carbocycles. The van der Waals surface area contributed by atoms with Crippen molar-refractivity contribution in [1.29, 1.82) is 0 Å². The zero-order valence-electron chi connectivity index (χ0n) is 11.4. The van der Waals surface area contributed by atoms with Crippen LogP contribution in [0.2, 0.25) is 0 Å². The number of hydrogen-bond acceptors (Lipinski definition) is 3. The van der Waals surface area contributed by atoms with Crippen LogP contribution >= 0.6 is 0 Å². The topological polar surface area (TPSA) is 45.2 Å². The lowest BCUT2D eigenvalue weighted by molar-refractivity contribution is 0.0621. The van der Waals surface area contributed by atoms with Crippen molar-refractivity contribution in [2.45, 2.75) is 44.7 Å². The number of aromatic nitrogens is 1. The summed E-state index contributed by atoms with van der Waals surface area (Å²) in [7, 11) is 0. The Morgan fingerprint density at radius 3 is 2.58 bits per heavy atom. The second-order valence-electron chi connectivity index (χ2n) is 5.56. The highest BCUT2D eigenvalue weighted by molar-refractivity contribution is 5.95. The number of amides is 1. The molecular formula is C15H21N3O. The predicted octanol–water partition coefficient (Wildman–Crippen LogP) is 1.75. The van der Waals surface area contributed by atoms with Gasteiger partial charge in [-0.25, -0.2) is 0 Å². The van der Waals surface area contributed by atoms with Gasteiger partial charge in [0.15, 0.2) is 0 Å². The third-order valence-electron chi connectivity index (χ3n) is 4.11. The summed E-state index contributed by atoms with van der Waals surface area (Å²) in [4.78, 5) is 19.2. The van der Waals surface area contributed by atoms with E-state index in [1.807, 2.05) is 19.1 Å². The molecule has 1 aromatic heterocycles. The van der Waals surface area contributed by atoms with Crippen LogP contribution in [-0.2, 0) is 0 Å². The van der Waals surface area contributed by atoms with E-state index in [-0.39, 0.29) is 5.91 Å². The summed E-state index contributed by atoms with van der Waals surface area (Å²) in [5, 5.41) is 3.37. The number of nitrogens with one attached hydrogen (secondary N) is 1. The van der Waals surface area contributed by atoms with Crippen molar-refractivity contribution < 1.29 is 4.79 Å². The number of carbonyl (C=O) groups excluding carboxylic acids is 1. The standard InChI is InChI=1S/C15H21N3O/c1-11-14(3-2-8-17-11)15(19)18(12-4-5-12)13-6-9-16-10-7-13/h2-3,8,12-13,16H,4-7,9-10H2,1H3. The molecular weight excluding hydrogens is 238 g/mol. The zero-order chi connectivity index (χ0) is 13.2. The molecule has 102 valence electrons. The Morgan fingerprint density at radius 1 is 1.26 bits per heavy atom. The van der Waals surface area contributed by atoms with Crippen molar-refractivity contribution in [3.8, 4) is 0 Å². The van der Waals surface area contributed by atoms with Crippen LogP contribution in [0.25, 0.3) is 0 Å². The Balaban J connectivity index is 1.83. The van der Waals surface area contributed by atoms with Crippen molar-refractivity contribution in [3.05, 3.63) is 29.6 Å². The Morgan fingerprint density at radius 2 is 1.95 bits per heavy atom. The minimum Gasteiger partial charge on any atom is -0.333 e. The smallest absolute Gasteiger partial charge is 0.256 e. The van der Waals surface area contributed by atoms with Crippen LogP contribution in [0, 0.1) is 6.92 Å². The third kappa shape index (κ3) is 2.63. The van der Waals surface area contributed by atoms with Crippen molar-refractivity contribution >= 4 is 5.91 Å². The molecule has 1 N–H and O–H groups in total. The quantitative estimate of drug-likeness (QED) is 0.899. The van der Waals surface area contributed by atoms with Gasteiger partial charge in [0.05, 0.1) is 5.56 Å². The van der Waals surface area contributed by atoms with Gasteiger partial charge in [-0.3, -0.25) is 9.78 Å². The van der Waals surface area contributed by atoms with Gasteiger partial charge in [-0.15, -0.1) is 0 Å². The largest absolute Gasteiger partial charge is 0.333 e. The SMILES string of the molecule is Cc1ncccc1C(=O)N(C1CCNCC1)C1CC1. The number of piperidine rings is 1. The van der Waals surface area contributed by atoms with Crippen LogP contribution < -0.4 is 5.32 Å². The molecule has 1 aliphatic heterocycles. The summed E-state index contributed by atoms with van der Waals surface area (Å²) < 4.78 is 0. The number of rotatable bonds is 3. The van der Waals surface area contributed by atoms with E-state index in [0.717, 1.165) is 50.0 Å². The minimum atomic E-state index is 0.181. The molecule has 0 radical (unpaired) electrons. The van der Waals surface area contributed by atoms with E-state index in [9.17, 15) is 4.79 Å². The molecule has 1 amide bonds. The van der Waals surface area contributed by atoms with Crippen LogP contribution in [0.1, 0.15) is 41.7 Å². The van der Waals surface area contributed by atoms with Crippen molar-refractivity contribution in [3.63, 3.8) is 0 Å². The number of aryl methyl sites for hydroxylation is 1. The van der Waals surface area contributed by atoms with Crippen LogP contribution in [0.15, 0.2) is 18.3 Å². The van der Waals surface area contributed by atoms with E-state index in [0.29, 0.717) is 12.1 Å². The lowest BCUT2D eigenvalue weighted by Crippen LogP contribution is -2.47. The highest BCUT2D eigenvalue weighted by atomic mass is 16.2. The molecule has 2 aliphatic rings. The molecule has 0 atom stereocenters. The second kappa shape index (κ2) is 5.29. The van der Waals surface area contributed by atoms with Gasteiger partial charge in [0.1, 0.15) is 0 Å². The molecule has 1 saturated carbocycles. The maximum Gasteiger partial charge on any atom is 0.256 e. The summed E-state index contributed by atoms with van der Waals surface area (Å²) in [5.74, 6) is 0.181. The Hall–Kier alpha value is -1.42. The van der Waals surface area contributed by atoms with Gasteiger partial charge < -0.3 is 10.2 Å². The van der Waals surface area contributed by atoms with E-state index in [2.05, 4.69) is 15.2 Å². The molecule has 4 heteroatoms. The molecule has 2 fully saturated rings. The predicted molar refractivity (Wildman–Crippen MR) is 74.1 cm³/mol. The highest BCUT2D eigenvalue weighted by Gasteiger charge is 2.38. The first-order chi connectivity index (χ1) is 9.27. The molecule has 4 nitrogen and oxygen atoms in total. The van der Waals surface area contributed by atoms with Gasteiger partial charge in [-0.05, 0) is 57.8 Å². The van der Waals surface area contributed by atoms with Crippen LogP contribution in [0.4, 0.5) is 0 Å². The minimum absolute atomic E-state index is 0.181. The maximum atomic E-state index is 12.8. The fraction of sp³-hybridized carbons (Fsp3) is 0.600. The van der Waals surface area contributed by atoms with Gasteiger partial charge in [-0.2, -0.15) is 0 Å². The van der Waals surface area contributed by atoms with Crippen LogP contribution in [0.3, 0.4) is 0 Å². The molecule has 1 saturated heterocycles. The maximum absolute atomic E-state index is 12.8. The van der Waals surface area contributed by atoms with E-state index in [1.165, 1.54) is 0 Å². The molecule has 2 heterocycles. The average molecular weight is 259 g/mol. The van der Waals surface area contributed by atoms with E-state index in [4.69, 9.17) is 0 Å². The molecule has 19 heavy (non-hydrogen) atoms. The summed E-state index contributed by atoms with van der Waals surface area (Å²) in [6, 6.07) is 4.63. The van der Waals surface area contributed by atoms with Crippen molar-refractivity contribution in [1.82, 2.24) is 15.2 Å². The number of hydrogen-bond donors (Lipinski definition) is 1. The van der Waals surface area contributed by atoms with Crippen molar-refractivity contribution in [2.24, 2.45) is 0 Å². The molecule has 0 spiro atoms. The average Bonchev–Trinajstić information content (AvgIpc) is 3.25. The van der Waals surface area contributed by atoms with E-state index < -0.39 is 0 Å². The van der Waals surface area contributed by atoms with Crippen LogP contribution in [-0.4, -0.2) is 41.0 Å². The number of carbonyl (C=O) groups is 1.